The molecule has 122 valence electrons. The van der Waals surface area contributed by atoms with Crippen molar-refractivity contribution in [3.63, 3.8) is 0 Å². The van der Waals surface area contributed by atoms with Gasteiger partial charge in [0.05, 0.1) is 10.8 Å². The summed E-state index contributed by atoms with van der Waals surface area (Å²) in [6.45, 7) is 0.990. The lowest BCUT2D eigenvalue weighted by Crippen LogP contribution is -2.24. The van der Waals surface area contributed by atoms with Crippen molar-refractivity contribution in [2.75, 3.05) is 6.54 Å². The first-order valence-corrected chi connectivity index (χ1v) is 8.47. The van der Waals surface area contributed by atoms with Gasteiger partial charge in [-0.15, -0.1) is 11.3 Å². The Kier molecular flexibility index (Phi) is 3.86. The molecule has 7 heteroatoms. The van der Waals surface area contributed by atoms with Gasteiger partial charge >= 0.3 is 0 Å². The van der Waals surface area contributed by atoms with Crippen LogP contribution in [0.15, 0.2) is 46.3 Å². The van der Waals surface area contributed by atoms with Crippen molar-refractivity contribution in [3.8, 4) is 10.7 Å². The van der Waals surface area contributed by atoms with Gasteiger partial charge in [-0.2, -0.15) is 4.98 Å². The summed E-state index contributed by atoms with van der Waals surface area (Å²) in [6.07, 6.45) is 0.354. The molecular weight excluding hydrogens is 329 g/mol. The maximum absolute atomic E-state index is 13.0. The van der Waals surface area contributed by atoms with Crippen LogP contribution in [0.1, 0.15) is 23.8 Å². The molecule has 1 saturated heterocycles. The highest BCUT2D eigenvalue weighted by molar-refractivity contribution is 7.13. The van der Waals surface area contributed by atoms with E-state index in [1.165, 1.54) is 12.1 Å². The number of carbonyl (C=O) groups is 1. The second-order valence-electron chi connectivity index (χ2n) is 5.74. The summed E-state index contributed by atoms with van der Waals surface area (Å²) in [4.78, 5) is 19.3. The number of thiophene rings is 1. The standard InChI is InChI=1S/C17H14FN3O2S/c18-13-5-3-11(4-6-13)9-21-10-12(8-15(21)22)17-19-16(20-23-17)14-2-1-7-24-14/h1-7,12H,8-10H2/t12-/m0/s1. The molecule has 0 spiro atoms. The molecular formula is C17H14FN3O2S. The Bertz CT molecular complexity index is 845. The number of rotatable bonds is 4. The molecule has 0 unspecified atom stereocenters. The second-order valence-corrected chi connectivity index (χ2v) is 6.68. The topological polar surface area (TPSA) is 59.2 Å². The van der Waals surface area contributed by atoms with Crippen molar-refractivity contribution >= 4 is 17.2 Å². The van der Waals surface area contributed by atoms with Crippen LogP contribution >= 0.6 is 11.3 Å². The molecule has 1 amide bonds. The molecule has 0 N–H and O–H groups in total. The van der Waals surface area contributed by atoms with Crippen LogP contribution < -0.4 is 0 Å². The van der Waals surface area contributed by atoms with Crippen LogP contribution in [0.5, 0.6) is 0 Å². The lowest BCUT2D eigenvalue weighted by molar-refractivity contribution is -0.128. The highest BCUT2D eigenvalue weighted by Gasteiger charge is 2.34. The Morgan fingerprint density at radius 2 is 2.12 bits per heavy atom. The van der Waals surface area contributed by atoms with Crippen molar-refractivity contribution in [1.82, 2.24) is 15.0 Å². The van der Waals surface area contributed by atoms with E-state index >= 15 is 0 Å². The highest BCUT2D eigenvalue weighted by atomic mass is 32.1. The van der Waals surface area contributed by atoms with Gasteiger partial charge in [0.25, 0.3) is 0 Å². The average molecular weight is 343 g/mol. The molecule has 1 aliphatic rings. The first-order chi connectivity index (χ1) is 11.7. The molecule has 1 aromatic carbocycles. The molecule has 24 heavy (non-hydrogen) atoms. The Morgan fingerprint density at radius 1 is 1.29 bits per heavy atom. The number of hydrogen-bond acceptors (Lipinski definition) is 5. The number of halogens is 1. The Labute approximate surface area is 141 Å². The fraction of sp³-hybridized carbons (Fsp3) is 0.235. The zero-order valence-electron chi connectivity index (χ0n) is 12.7. The van der Waals surface area contributed by atoms with Gasteiger partial charge in [-0.25, -0.2) is 4.39 Å². The van der Waals surface area contributed by atoms with Crippen LogP contribution in [0.2, 0.25) is 0 Å². The maximum atomic E-state index is 13.0. The van der Waals surface area contributed by atoms with Crippen LogP contribution in [-0.2, 0) is 11.3 Å². The summed E-state index contributed by atoms with van der Waals surface area (Å²) in [5.41, 5.74) is 0.898. The quantitative estimate of drug-likeness (QED) is 0.728. The lowest BCUT2D eigenvalue weighted by atomic mass is 10.1. The number of likely N-dealkylation sites (tertiary alicyclic amines) is 1. The third kappa shape index (κ3) is 2.94. The van der Waals surface area contributed by atoms with E-state index in [1.54, 1.807) is 28.4 Å². The minimum Gasteiger partial charge on any atom is -0.339 e. The summed E-state index contributed by atoms with van der Waals surface area (Å²) in [5.74, 6) is 0.716. The predicted molar refractivity (Wildman–Crippen MR) is 86.8 cm³/mol. The number of nitrogens with zero attached hydrogens (tertiary/aromatic N) is 3. The second kappa shape index (κ2) is 6.16. The van der Waals surface area contributed by atoms with Crippen molar-refractivity contribution in [2.45, 2.75) is 18.9 Å². The minimum atomic E-state index is -0.281. The molecule has 3 heterocycles. The van der Waals surface area contributed by atoms with Gasteiger partial charge in [-0.05, 0) is 29.1 Å². The minimum absolute atomic E-state index is 0.0419. The molecule has 0 aliphatic carbocycles. The molecule has 0 saturated carbocycles. The molecule has 0 radical (unpaired) electrons. The van der Waals surface area contributed by atoms with Crippen molar-refractivity contribution < 1.29 is 13.7 Å². The number of aromatic nitrogens is 2. The van der Waals surface area contributed by atoms with Gasteiger partial charge in [0.2, 0.25) is 17.6 Å². The van der Waals surface area contributed by atoms with Gasteiger partial charge in [0, 0.05) is 19.5 Å². The van der Waals surface area contributed by atoms with Gasteiger partial charge in [-0.1, -0.05) is 23.4 Å². The Morgan fingerprint density at radius 3 is 2.88 bits per heavy atom. The first-order valence-electron chi connectivity index (χ1n) is 7.59. The highest BCUT2D eigenvalue weighted by Crippen LogP contribution is 2.30. The third-order valence-corrected chi connectivity index (χ3v) is 4.90. The molecule has 5 nitrogen and oxygen atoms in total. The average Bonchev–Trinajstić information content (AvgIpc) is 3.30. The third-order valence-electron chi connectivity index (χ3n) is 4.03. The zero-order valence-corrected chi connectivity index (χ0v) is 13.5. The molecule has 2 aromatic heterocycles. The van der Waals surface area contributed by atoms with E-state index in [2.05, 4.69) is 10.1 Å². The summed E-state index contributed by atoms with van der Waals surface area (Å²) < 4.78 is 18.3. The molecule has 0 bridgehead atoms. The van der Waals surface area contributed by atoms with Gasteiger partial charge < -0.3 is 9.42 Å². The Balaban J connectivity index is 1.47. The predicted octanol–water partition coefficient (Wildman–Crippen LogP) is 3.45. The SMILES string of the molecule is O=C1C[C@H](c2nc(-c3cccs3)no2)CN1Cc1ccc(F)cc1. The summed E-state index contributed by atoms with van der Waals surface area (Å²) in [7, 11) is 0. The van der Waals surface area contributed by atoms with Crippen LogP contribution in [0.25, 0.3) is 10.7 Å². The van der Waals surface area contributed by atoms with E-state index < -0.39 is 0 Å². The van der Waals surface area contributed by atoms with Crippen molar-refractivity contribution in [3.05, 3.63) is 59.0 Å². The smallest absolute Gasteiger partial charge is 0.232 e. The first kappa shape index (κ1) is 15.0. The molecule has 1 fully saturated rings. The van der Waals surface area contributed by atoms with E-state index in [0.29, 0.717) is 31.2 Å². The van der Waals surface area contributed by atoms with Crippen molar-refractivity contribution in [1.29, 1.82) is 0 Å². The normalized spacial score (nSPS) is 17.6. The Hall–Kier alpha value is -2.54. The molecule has 3 aromatic rings. The van der Waals surface area contributed by atoms with E-state index in [-0.39, 0.29) is 17.6 Å². The summed E-state index contributed by atoms with van der Waals surface area (Å²) >= 11 is 1.54. The molecule has 1 aliphatic heterocycles. The monoisotopic (exact) mass is 343 g/mol. The van der Waals surface area contributed by atoms with Gasteiger partial charge in [0.15, 0.2) is 0 Å². The number of hydrogen-bond donors (Lipinski definition) is 0. The van der Waals surface area contributed by atoms with E-state index in [4.69, 9.17) is 4.52 Å². The number of carbonyl (C=O) groups excluding carboxylic acids is 1. The zero-order chi connectivity index (χ0) is 16.5. The summed E-state index contributed by atoms with van der Waals surface area (Å²) in [5, 5.41) is 5.95. The summed E-state index contributed by atoms with van der Waals surface area (Å²) in [6, 6.07) is 10.0. The molecule has 1 atom stereocenters. The van der Waals surface area contributed by atoms with Crippen LogP contribution in [0, 0.1) is 5.82 Å². The fourth-order valence-corrected chi connectivity index (χ4v) is 3.46. The van der Waals surface area contributed by atoms with Gasteiger partial charge in [-0.3, -0.25) is 4.79 Å². The number of benzene rings is 1. The lowest BCUT2D eigenvalue weighted by Gasteiger charge is -2.15. The van der Waals surface area contributed by atoms with E-state index in [9.17, 15) is 9.18 Å². The maximum Gasteiger partial charge on any atom is 0.232 e. The van der Waals surface area contributed by atoms with Gasteiger partial charge in [0.1, 0.15) is 5.82 Å². The van der Waals surface area contributed by atoms with E-state index in [0.717, 1.165) is 10.4 Å². The van der Waals surface area contributed by atoms with Crippen LogP contribution in [0.4, 0.5) is 4.39 Å². The van der Waals surface area contributed by atoms with Crippen LogP contribution in [-0.4, -0.2) is 27.5 Å². The van der Waals surface area contributed by atoms with Crippen LogP contribution in [0.3, 0.4) is 0 Å². The van der Waals surface area contributed by atoms with Crippen molar-refractivity contribution in [2.24, 2.45) is 0 Å². The number of amides is 1. The largest absolute Gasteiger partial charge is 0.339 e. The fourth-order valence-electron chi connectivity index (χ4n) is 2.81. The van der Waals surface area contributed by atoms with E-state index in [1.807, 2.05) is 17.5 Å². The molecule has 4 rings (SSSR count).